The van der Waals surface area contributed by atoms with E-state index >= 15 is 0 Å². The summed E-state index contributed by atoms with van der Waals surface area (Å²) in [6.07, 6.45) is 4.97. The zero-order valence-corrected chi connectivity index (χ0v) is 10.0. The molecule has 0 amide bonds. The number of hydrogen-bond donors (Lipinski definition) is 0. The molecule has 0 unspecified atom stereocenters. The van der Waals surface area contributed by atoms with Gasteiger partial charge in [-0.1, -0.05) is 57.4 Å². The highest BCUT2D eigenvalue weighted by atomic mass is 79.9. The third-order valence-corrected chi connectivity index (χ3v) is 2.68. The van der Waals surface area contributed by atoms with Gasteiger partial charge in [-0.15, -0.1) is 0 Å². The van der Waals surface area contributed by atoms with Crippen molar-refractivity contribution in [3.05, 3.63) is 39.9 Å². The SMILES string of the molecule is Clc1cccc(Cl)c1C=CCCBr. The van der Waals surface area contributed by atoms with E-state index in [-0.39, 0.29) is 0 Å². The van der Waals surface area contributed by atoms with E-state index in [2.05, 4.69) is 15.9 Å². The van der Waals surface area contributed by atoms with Gasteiger partial charge in [-0.3, -0.25) is 0 Å². The van der Waals surface area contributed by atoms with E-state index in [4.69, 9.17) is 23.2 Å². The predicted molar refractivity (Wildman–Crippen MR) is 63.9 cm³/mol. The Labute approximate surface area is 96.7 Å². The highest BCUT2D eigenvalue weighted by Gasteiger charge is 1.99. The lowest BCUT2D eigenvalue weighted by Gasteiger charge is -1.99. The highest BCUT2D eigenvalue weighted by molar-refractivity contribution is 9.09. The molecule has 0 nitrogen and oxygen atoms in total. The molecule has 3 heteroatoms. The van der Waals surface area contributed by atoms with Gasteiger partial charge in [0.25, 0.3) is 0 Å². The molecule has 0 aliphatic rings. The summed E-state index contributed by atoms with van der Waals surface area (Å²) in [5.41, 5.74) is 0.895. The van der Waals surface area contributed by atoms with Crippen LogP contribution in [0.25, 0.3) is 6.08 Å². The van der Waals surface area contributed by atoms with Gasteiger partial charge in [-0.2, -0.15) is 0 Å². The van der Waals surface area contributed by atoms with Gasteiger partial charge < -0.3 is 0 Å². The van der Waals surface area contributed by atoms with Crippen molar-refractivity contribution >= 4 is 45.2 Å². The summed E-state index contributed by atoms with van der Waals surface area (Å²) >= 11 is 15.3. The molecule has 0 saturated carbocycles. The van der Waals surface area contributed by atoms with Crippen LogP contribution in [0.5, 0.6) is 0 Å². The number of benzene rings is 1. The third-order valence-electron chi connectivity index (χ3n) is 1.56. The number of hydrogen-bond acceptors (Lipinski definition) is 0. The van der Waals surface area contributed by atoms with Crippen LogP contribution in [0, 0.1) is 0 Å². The Balaban J connectivity index is 2.87. The van der Waals surface area contributed by atoms with Crippen molar-refractivity contribution in [3.63, 3.8) is 0 Å². The minimum absolute atomic E-state index is 0.693. The predicted octanol–water partition coefficient (Wildman–Crippen LogP) is 4.79. The zero-order valence-electron chi connectivity index (χ0n) is 6.93. The first kappa shape index (κ1) is 11.1. The van der Waals surface area contributed by atoms with Gasteiger partial charge in [0.1, 0.15) is 0 Å². The topological polar surface area (TPSA) is 0 Å². The zero-order chi connectivity index (χ0) is 9.68. The lowest BCUT2D eigenvalue weighted by Crippen LogP contribution is -1.77. The van der Waals surface area contributed by atoms with Crippen molar-refractivity contribution in [2.75, 3.05) is 5.33 Å². The van der Waals surface area contributed by atoms with E-state index in [1.807, 2.05) is 30.4 Å². The van der Waals surface area contributed by atoms with E-state index in [0.29, 0.717) is 10.0 Å². The molecule has 70 valence electrons. The lowest BCUT2D eigenvalue weighted by molar-refractivity contribution is 1.27. The average Bonchev–Trinajstić information content (AvgIpc) is 2.10. The van der Waals surface area contributed by atoms with Crippen LogP contribution in [0.15, 0.2) is 24.3 Å². The summed E-state index contributed by atoms with van der Waals surface area (Å²) in [5.74, 6) is 0. The van der Waals surface area contributed by atoms with E-state index in [1.165, 1.54) is 0 Å². The number of halogens is 3. The van der Waals surface area contributed by atoms with E-state index in [0.717, 1.165) is 17.3 Å². The fourth-order valence-corrected chi connectivity index (χ4v) is 1.72. The first-order chi connectivity index (χ1) is 6.25. The fourth-order valence-electron chi connectivity index (χ4n) is 0.934. The molecule has 0 heterocycles. The second-order valence-electron chi connectivity index (χ2n) is 2.52. The second-order valence-corrected chi connectivity index (χ2v) is 4.12. The van der Waals surface area contributed by atoms with Crippen molar-refractivity contribution in [2.24, 2.45) is 0 Å². The van der Waals surface area contributed by atoms with Crippen molar-refractivity contribution in [1.82, 2.24) is 0 Å². The van der Waals surface area contributed by atoms with Crippen LogP contribution in [0.3, 0.4) is 0 Å². The molecular weight excluding hydrogens is 271 g/mol. The quantitative estimate of drug-likeness (QED) is 0.698. The molecule has 0 N–H and O–H groups in total. The van der Waals surface area contributed by atoms with Crippen LogP contribution in [0.2, 0.25) is 10.0 Å². The Morgan fingerprint density at radius 3 is 2.38 bits per heavy atom. The molecule has 13 heavy (non-hydrogen) atoms. The molecule has 1 aromatic rings. The van der Waals surface area contributed by atoms with Crippen LogP contribution >= 0.6 is 39.1 Å². The van der Waals surface area contributed by atoms with Crippen LogP contribution in [-0.2, 0) is 0 Å². The van der Waals surface area contributed by atoms with Crippen LogP contribution in [0.4, 0.5) is 0 Å². The van der Waals surface area contributed by atoms with Gasteiger partial charge in [0, 0.05) is 20.9 Å². The Morgan fingerprint density at radius 2 is 1.85 bits per heavy atom. The number of allylic oxidation sites excluding steroid dienone is 1. The molecule has 0 atom stereocenters. The molecular formula is C10H9BrCl2. The molecule has 0 aliphatic carbocycles. The molecule has 1 rings (SSSR count). The summed E-state index contributed by atoms with van der Waals surface area (Å²) in [4.78, 5) is 0. The Morgan fingerprint density at radius 1 is 1.23 bits per heavy atom. The smallest absolute Gasteiger partial charge is 0.0493 e. The van der Waals surface area contributed by atoms with Gasteiger partial charge in [0.05, 0.1) is 0 Å². The summed E-state index contributed by atoms with van der Waals surface area (Å²) < 4.78 is 0. The highest BCUT2D eigenvalue weighted by Crippen LogP contribution is 2.25. The molecule has 1 aromatic carbocycles. The summed E-state index contributed by atoms with van der Waals surface area (Å²) in [6.45, 7) is 0. The van der Waals surface area contributed by atoms with Crippen molar-refractivity contribution in [2.45, 2.75) is 6.42 Å². The second kappa shape index (κ2) is 5.69. The number of alkyl halides is 1. The maximum Gasteiger partial charge on any atom is 0.0493 e. The molecule has 0 radical (unpaired) electrons. The largest absolute Gasteiger partial charge is 0.0925 e. The number of rotatable bonds is 3. The van der Waals surface area contributed by atoms with E-state index in [9.17, 15) is 0 Å². The van der Waals surface area contributed by atoms with Crippen molar-refractivity contribution in [3.8, 4) is 0 Å². The minimum Gasteiger partial charge on any atom is -0.0925 e. The third kappa shape index (κ3) is 3.34. The standard InChI is InChI=1S/C10H9BrCl2/c11-7-2-1-4-8-9(12)5-3-6-10(8)13/h1,3-6H,2,7H2. The Bertz CT molecular complexity index is 288. The van der Waals surface area contributed by atoms with Crippen LogP contribution in [-0.4, -0.2) is 5.33 Å². The first-order valence-electron chi connectivity index (χ1n) is 3.92. The van der Waals surface area contributed by atoms with Gasteiger partial charge in [0.2, 0.25) is 0 Å². The Kier molecular flexibility index (Phi) is 4.86. The van der Waals surface area contributed by atoms with Crippen molar-refractivity contribution < 1.29 is 0 Å². The van der Waals surface area contributed by atoms with Gasteiger partial charge in [-0.05, 0) is 18.6 Å². The normalized spacial score (nSPS) is 11.0. The van der Waals surface area contributed by atoms with Gasteiger partial charge in [0.15, 0.2) is 0 Å². The molecule has 0 spiro atoms. The van der Waals surface area contributed by atoms with E-state index in [1.54, 1.807) is 0 Å². The average molecular weight is 280 g/mol. The molecule has 0 aliphatic heterocycles. The molecule has 0 aromatic heterocycles. The Hall–Kier alpha value is 0.0200. The van der Waals surface area contributed by atoms with Crippen LogP contribution in [0.1, 0.15) is 12.0 Å². The van der Waals surface area contributed by atoms with E-state index < -0.39 is 0 Å². The first-order valence-corrected chi connectivity index (χ1v) is 5.80. The van der Waals surface area contributed by atoms with Crippen LogP contribution < -0.4 is 0 Å². The summed E-state index contributed by atoms with van der Waals surface area (Å²) in [7, 11) is 0. The lowest BCUT2D eigenvalue weighted by atomic mass is 10.2. The maximum atomic E-state index is 5.96. The molecule has 0 fully saturated rings. The van der Waals surface area contributed by atoms with Gasteiger partial charge >= 0.3 is 0 Å². The fraction of sp³-hybridized carbons (Fsp3) is 0.200. The maximum absolute atomic E-state index is 5.96. The summed E-state index contributed by atoms with van der Waals surface area (Å²) in [6, 6.07) is 5.51. The molecule has 0 bridgehead atoms. The van der Waals surface area contributed by atoms with Gasteiger partial charge in [-0.25, -0.2) is 0 Å². The summed E-state index contributed by atoms with van der Waals surface area (Å²) in [5, 5.41) is 2.34. The van der Waals surface area contributed by atoms with Crippen molar-refractivity contribution in [1.29, 1.82) is 0 Å². The molecule has 0 saturated heterocycles. The monoisotopic (exact) mass is 278 g/mol. The minimum atomic E-state index is 0.693.